The molecule has 0 saturated heterocycles. The average molecular weight is 725 g/mol. The van der Waals surface area contributed by atoms with Crippen LogP contribution in [0.3, 0.4) is 0 Å². The number of benzene rings is 7. The Morgan fingerprint density at radius 2 is 1.25 bits per heavy atom. The van der Waals surface area contributed by atoms with Crippen molar-refractivity contribution in [2.45, 2.75) is 58.3 Å². The van der Waals surface area contributed by atoms with Crippen molar-refractivity contribution in [3.8, 4) is 11.1 Å². The number of H-pyrrole nitrogens is 1. The summed E-state index contributed by atoms with van der Waals surface area (Å²) >= 11 is 0. The zero-order valence-corrected chi connectivity index (χ0v) is 32.4. The third-order valence-corrected chi connectivity index (χ3v) is 13.4. The van der Waals surface area contributed by atoms with E-state index in [1.807, 2.05) is 6.07 Å². The zero-order valence-electron chi connectivity index (χ0n) is 32.4. The first-order valence-corrected chi connectivity index (χ1v) is 20.0. The van der Waals surface area contributed by atoms with E-state index in [1.54, 1.807) is 0 Å². The van der Waals surface area contributed by atoms with Crippen LogP contribution in [0.2, 0.25) is 0 Å². The fraction of sp³-hybridized carbons (Fsp3) is 0.176. The molecule has 56 heavy (non-hydrogen) atoms. The zero-order chi connectivity index (χ0) is 37.7. The first kappa shape index (κ1) is 32.1. The van der Waals surface area contributed by atoms with Crippen molar-refractivity contribution in [2.75, 3.05) is 4.90 Å². The number of para-hydroxylation sites is 3. The monoisotopic (exact) mass is 724 g/mol. The Kier molecular flexibility index (Phi) is 6.29. The Morgan fingerprint density at radius 1 is 0.589 bits per heavy atom. The molecule has 2 aliphatic rings. The second-order valence-corrected chi connectivity index (χ2v) is 17.6. The largest absolute Gasteiger partial charge is 0.454 e. The molecule has 4 heterocycles. The summed E-state index contributed by atoms with van der Waals surface area (Å²) in [5.41, 5.74) is 18.8. The van der Waals surface area contributed by atoms with Crippen molar-refractivity contribution in [1.29, 1.82) is 0 Å². The highest BCUT2D eigenvalue weighted by molar-refractivity contribution is 6.74. The van der Waals surface area contributed by atoms with E-state index in [4.69, 9.17) is 8.83 Å². The number of hydrogen-bond acceptors (Lipinski definition) is 3. The number of fused-ring (bicyclic) bond motifs is 13. The number of aryl methyl sites for hydroxylation is 1. The number of furan rings is 2. The molecule has 0 spiro atoms. The summed E-state index contributed by atoms with van der Waals surface area (Å²) in [6.45, 7) is 12.0. The summed E-state index contributed by atoms with van der Waals surface area (Å²) in [7, 11) is 0.771. The van der Waals surface area contributed by atoms with Gasteiger partial charge < -0.3 is 18.7 Å². The highest BCUT2D eigenvalue weighted by Crippen LogP contribution is 2.51. The minimum Gasteiger partial charge on any atom is -0.454 e. The molecule has 1 aliphatic carbocycles. The van der Waals surface area contributed by atoms with Gasteiger partial charge in [0.15, 0.2) is 18.4 Å². The number of rotatable bonds is 2. The van der Waals surface area contributed by atoms with Gasteiger partial charge in [0.25, 0.3) is 0 Å². The Hall–Kier alpha value is -6.20. The van der Waals surface area contributed by atoms with Gasteiger partial charge in [-0.1, -0.05) is 118 Å². The van der Waals surface area contributed by atoms with E-state index in [0.29, 0.717) is 0 Å². The van der Waals surface area contributed by atoms with Gasteiger partial charge in [-0.25, -0.2) is 0 Å². The Labute approximate surface area is 326 Å². The molecular weight excluding hydrogens is 683 g/mol. The number of hydrogen-bond donors (Lipinski definition) is 1. The van der Waals surface area contributed by atoms with Gasteiger partial charge in [-0.2, -0.15) is 0 Å². The lowest BCUT2D eigenvalue weighted by Gasteiger charge is -2.43. The molecule has 1 aliphatic heterocycles. The van der Waals surface area contributed by atoms with Gasteiger partial charge in [0.2, 0.25) is 0 Å². The first-order chi connectivity index (χ1) is 27.2. The van der Waals surface area contributed by atoms with Crippen molar-refractivity contribution < 1.29 is 8.83 Å². The lowest BCUT2D eigenvalue weighted by Crippen LogP contribution is -2.41. The number of nitrogens with zero attached hydrogens (tertiary/aromatic N) is 1. The van der Waals surface area contributed by atoms with Crippen LogP contribution in [0.15, 0.2) is 130 Å². The van der Waals surface area contributed by atoms with Gasteiger partial charge in [0.05, 0.1) is 16.7 Å². The van der Waals surface area contributed by atoms with E-state index in [0.717, 1.165) is 74.3 Å². The normalized spacial score (nSPS) is 15.8. The summed E-state index contributed by atoms with van der Waals surface area (Å²) in [6, 6.07) is 44.5. The fourth-order valence-electron chi connectivity index (χ4n) is 10.3. The molecule has 0 unspecified atom stereocenters. The van der Waals surface area contributed by atoms with Gasteiger partial charge in [-0.15, -0.1) is 0 Å². The van der Waals surface area contributed by atoms with Crippen LogP contribution in [0.25, 0.3) is 76.8 Å². The van der Waals surface area contributed by atoms with E-state index in [-0.39, 0.29) is 10.8 Å². The van der Waals surface area contributed by atoms with Gasteiger partial charge in [0.1, 0.15) is 11.2 Å². The second-order valence-electron chi connectivity index (χ2n) is 17.6. The maximum Gasteiger partial charge on any atom is 0.198 e. The van der Waals surface area contributed by atoms with Gasteiger partial charge in [-0.05, 0) is 105 Å². The third kappa shape index (κ3) is 4.26. The lowest BCUT2D eigenvalue weighted by atomic mass is 9.57. The summed E-state index contributed by atoms with van der Waals surface area (Å²) in [5.74, 6) is 0. The summed E-state index contributed by atoms with van der Waals surface area (Å²) in [6.07, 6.45) is 2.34. The molecule has 0 bridgehead atoms. The highest BCUT2D eigenvalue weighted by Gasteiger charge is 2.39. The molecule has 4 nitrogen and oxygen atoms in total. The quantitative estimate of drug-likeness (QED) is 0.181. The SMILES string of the molecule is Cc1cc2c(cc1N1c3cc4ccccc4c(-c4cccc5c4[nH]c4c6ccccc6oc54)c3Bc3ccc4c(oc5ccccc54)c31)C(C)(C)CCC2(C)C. The summed E-state index contributed by atoms with van der Waals surface area (Å²) in [5, 5.41) is 6.96. The maximum atomic E-state index is 6.91. The Balaban J connectivity index is 1.21. The predicted molar refractivity (Wildman–Crippen MR) is 237 cm³/mol. The highest BCUT2D eigenvalue weighted by atomic mass is 16.3. The number of nitrogens with one attached hydrogen (secondary N) is 1. The minimum absolute atomic E-state index is 0.0546. The number of anilines is 3. The fourth-order valence-corrected chi connectivity index (χ4v) is 10.3. The van der Waals surface area contributed by atoms with E-state index < -0.39 is 0 Å². The van der Waals surface area contributed by atoms with E-state index in [1.165, 1.54) is 67.3 Å². The smallest absolute Gasteiger partial charge is 0.198 e. The summed E-state index contributed by atoms with van der Waals surface area (Å²) < 4.78 is 13.4. The van der Waals surface area contributed by atoms with Crippen LogP contribution in [0, 0.1) is 6.92 Å². The standard InChI is InChI=1S/C51H41BN2O2/c1-28-25-36-37(51(4,5)24-23-50(36,2)3)27-39(28)54-40-26-29-13-6-7-14-30(29)43(34-17-12-18-35-45(34)53-46-33-16-9-11-20-42(33)55-48(35)46)44(40)52-38-22-21-32-31-15-8-10-19-41(31)56-49(32)47(38)54/h6-22,25-27,52-53H,23-24H2,1-5H3. The minimum atomic E-state index is 0.0546. The molecule has 0 amide bonds. The molecule has 3 aromatic heterocycles. The van der Waals surface area contributed by atoms with Crippen LogP contribution in [-0.2, 0) is 10.8 Å². The van der Waals surface area contributed by atoms with Crippen LogP contribution in [0.4, 0.5) is 17.1 Å². The van der Waals surface area contributed by atoms with Crippen molar-refractivity contribution in [3.05, 3.63) is 138 Å². The molecule has 7 aromatic carbocycles. The van der Waals surface area contributed by atoms with E-state index in [2.05, 4.69) is 160 Å². The number of aromatic nitrogens is 1. The van der Waals surface area contributed by atoms with Crippen LogP contribution < -0.4 is 15.8 Å². The molecule has 0 saturated carbocycles. The molecule has 270 valence electrons. The molecule has 0 atom stereocenters. The van der Waals surface area contributed by atoms with Gasteiger partial charge in [0, 0.05) is 38.5 Å². The topological polar surface area (TPSA) is 45.3 Å². The predicted octanol–water partition coefficient (Wildman–Crippen LogP) is 12.6. The number of aromatic amines is 1. The second kappa shape index (κ2) is 11.0. The molecule has 1 N–H and O–H groups in total. The van der Waals surface area contributed by atoms with Crippen LogP contribution >= 0.6 is 0 Å². The average Bonchev–Trinajstić information content (AvgIpc) is 3.88. The molecule has 10 aromatic rings. The third-order valence-electron chi connectivity index (χ3n) is 13.4. The van der Waals surface area contributed by atoms with Crippen molar-refractivity contribution >= 4 is 101 Å². The van der Waals surface area contributed by atoms with E-state index in [9.17, 15) is 0 Å². The summed E-state index contributed by atoms with van der Waals surface area (Å²) in [4.78, 5) is 6.44. The van der Waals surface area contributed by atoms with Gasteiger partial charge >= 0.3 is 0 Å². The van der Waals surface area contributed by atoms with E-state index >= 15 is 0 Å². The van der Waals surface area contributed by atoms with Crippen molar-refractivity contribution in [2.24, 2.45) is 0 Å². The molecule has 12 rings (SSSR count). The van der Waals surface area contributed by atoms with Crippen LogP contribution in [-0.4, -0.2) is 12.3 Å². The van der Waals surface area contributed by atoms with Crippen molar-refractivity contribution in [3.63, 3.8) is 0 Å². The molecule has 0 fully saturated rings. The van der Waals surface area contributed by atoms with Crippen LogP contribution in [0.1, 0.15) is 57.2 Å². The lowest BCUT2D eigenvalue weighted by molar-refractivity contribution is 0.332. The van der Waals surface area contributed by atoms with Crippen molar-refractivity contribution in [1.82, 2.24) is 4.98 Å². The van der Waals surface area contributed by atoms with Crippen LogP contribution in [0.5, 0.6) is 0 Å². The molecule has 0 radical (unpaired) electrons. The maximum absolute atomic E-state index is 6.91. The molecule has 5 heteroatoms. The Morgan fingerprint density at radius 3 is 2.05 bits per heavy atom. The Bertz CT molecular complexity index is 3320. The first-order valence-electron chi connectivity index (χ1n) is 20.0. The molecular formula is C51H41BN2O2. The van der Waals surface area contributed by atoms with Gasteiger partial charge in [-0.3, -0.25) is 0 Å².